The monoisotopic (exact) mass is 510 g/mol. The number of alkyl halides is 2. The van der Waals surface area contributed by atoms with Crippen molar-refractivity contribution in [2.45, 2.75) is 49.3 Å². The summed E-state index contributed by atoms with van der Waals surface area (Å²) in [5.41, 5.74) is 0. The van der Waals surface area contributed by atoms with E-state index in [1.165, 1.54) is 0 Å². The van der Waals surface area contributed by atoms with Crippen LogP contribution in [0.5, 0.6) is 0 Å². The van der Waals surface area contributed by atoms with Gasteiger partial charge in [-0.05, 0) is 0 Å². The number of carbonyl (C=O) groups excluding carboxylic acids is 1. The SMILES string of the molecule is C#CCCCCN(I)C(S)I(CC)NC(=O)CCC. The van der Waals surface area contributed by atoms with Crippen molar-refractivity contribution in [1.82, 2.24) is 6.64 Å². The van der Waals surface area contributed by atoms with Gasteiger partial charge in [-0.1, -0.05) is 0 Å². The molecule has 0 aromatic heterocycles. The fraction of sp³-hybridized carbons (Fsp3) is 0.769. The number of hydrogen-bond acceptors (Lipinski definition) is 3. The molecule has 0 saturated heterocycles. The Morgan fingerprint density at radius 1 is 1.53 bits per heavy atom. The molecule has 1 atom stereocenters. The molecule has 0 rings (SSSR count). The van der Waals surface area contributed by atoms with Crippen LogP contribution in [0.2, 0.25) is 0 Å². The third-order valence-corrected chi connectivity index (χ3v) is 11.8. The van der Waals surface area contributed by atoms with Gasteiger partial charge in [-0.25, -0.2) is 0 Å². The normalized spacial score (nSPS) is 12.9. The van der Waals surface area contributed by atoms with E-state index in [-0.39, 0.29) is 9.29 Å². The van der Waals surface area contributed by atoms with Crippen molar-refractivity contribution in [2.24, 2.45) is 0 Å². The van der Waals surface area contributed by atoms with Crippen LogP contribution in [0.25, 0.3) is 0 Å². The van der Waals surface area contributed by atoms with Crippen LogP contribution in [0.4, 0.5) is 0 Å². The number of carbonyl (C=O) groups is 1. The number of hydrogen-bond donors (Lipinski definition) is 2. The Kier molecular flexibility index (Phi) is 13.1. The first kappa shape index (κ1) is 19.8. The van der Waals surface area contributed by atoms with E-state index in [1.54, 1.807) is 0 Å². The van der Waals surface area contributed by atoms with E-state index in [1.807, 2.05) is 6.92 Å². The van der Waals surface area contributed by atoms with Gasteiger partial charge in [0.05, 0.1) is 0 Å². The number of halogens is 2. The van der Waals surface area contributed by atoms with Crippen molar-refractivity contribution in [3.05, 3.63) is 0 Å². The molecular formula is C13H24I2N2OS. The van der Waals surface area contributed by atoms with Crippen LogP contribution < -0.4 is 3.53 Å². The molecule has 0 aliphatic carbocycles. The zero-order chi connectivity index (χ0) is 14.7. The van der Waals surface area contributed by atoms with Gasteiger partial charge in [0, 0.05) is 0 Å². The fourth-order valence-corrected chi connectivity index (χ4v) is 8.30. The molecule has 1 amide bonds. The maximum absolute atomic E-state index is 11.7. The first-order valence-corrected chi connectivity index (χ1v) is 11.9. The molecule has 0 saturated carbocycles. The van der Waals surface area contributed by atoms with E-state index >= 15 is 0 Å². The van der Waals surface area contributed by atoms with Crippen LogP contribution in [-0.2, 0) is 4.79 Å². The Labute approximate surface area is 144 Å². The topological polar surface area (TPSA) is 32.3 Å². The van der Waals surface area contributed by atoms with Crippen molar-refractivity contribution in [1.29, 1.82) is 0 Å². The third-order valence-electron chi connectivity index (χ3n) is 2.40. The average Bonchev–Trinajstić information content (AvgIpc) is 2.40. The van der Waals surface area contributed by atoms with E-state index in [2.05, 4.69) is 42.4 Å². The maximum atomic E-state index is 11.7. The molecule has 0 spiro atoms. The van der Waals surface area contributed by atoms with Crippen molar-refractivity contribution in [2.75, 3.05) is 11.0 Å². The number of nitrogens with zero attached hydrogens (tertiary/aromatic N) is 1. The van der Waals surface area contributed by atoms with Gasteiger partial charge in [0.25, 0.3) is 0 Å². The minimum absolute atomic E-state index is 0.186. The first-order valence-electron chi connectivity index (χ1n) is 6.54. The van der Waals surface area contributed by atoms with Crippen LogP contribution in [-0.4, -0.2) is 23.4 Å². The van der Waals surface area contributed by atoms with E-state index in [0.717, 1.165) is 36.7 Å². The number of rotatable bonds is 10. The van der Waals surface area contributed by atoms with E-state index in [9.17, 15) is 4.79 Å². The summed E-state index contributed by atoms with van der Waals surface area (Å²) in [6, 6.07) is 0. The van der Waals surface area contributed by atoms with Gasteiger partial charge >= 0.3 is 146 Å². The minimum atomic E-state index is -1.56. The molecule has 112 valence electrons. The van der Waals surface area contributed by atoms with E-state index in [4.69, 9.17) is 19.1 Å². The van der Waals surface area contributed by atoms with Gasteiger partial charge in [-0.3, -0.25) is 0 Å². The third kappa shape index (κ3) is 9.37. The average molecular weight is 510 g/mol. The first-order chi connectivity index (χ1) is 9.06. The van der Waals surface area contributed by atoms with Crippen LogP contribution in [0, 0.1) is 12.3 Å². The Bertz CT molecular complexity index is 297. The Morgan fingerprint density at radius 3 is 2.74 bits per heavy atom. The molecule has 19 heavy (non-hydrogen) atoms. The summed E-state index contributed by atoms with van der Waals surface area (Å²) in [5.74, 6) is 2.84. The van der Waals surface area contributed by atoms with Gasteiger partial charge in [0.15, 0.2) is 0 Å². The molecule has 0 aromatic carbocycles. The van der Waals surface area contributed by atoms with E-state index in [0.29, 0.717) is 6.42 Å². The molecular weight excluding hydrogens is 486 g/mol. The molecule has 3 nitrogen and oxygen atoms in total. The molecule has 1 unspecified atom stereocenters. The molecule has 0 heterocycles. The van der Waals surface area contributed by atoms with Gasteiger partial charge in [-0.2, -0.15) is 0 Å². The number of thiol groups is 1. The Hall–Kier alpha value is 0.800. The predicted octanol–water partition coefficient (Wildman–Crippen LogP) is 4.01. The van der Waals surface area contributed by atoms with Crippen molar-refractivity contribution in [3.8, 4) is 12.3 Å². The zero-order valence-electron chi connectivity index (χ0n) is 11.7. The van der Waals surface area contributed by atoms with Gasteiger partial charge in [-0.15, -0.1) is 0 Å². The molecule has 0 fully saturated rings. The number of amides is 1. The van der Waals surface area contributed by atoms with Crippen molar-refractivity contribution >= 4 is 61.5 Å². The van der Waals surface area contributed by atoms with E-state index < -0.39 is 20.1 Å². The summed E-state index contributed by atoms with van der Waals surface area (Å²) >= 11 is 5.46. The summed E-state index contributed by atoms with van der Waals surface area (Å²) in [4.78, 5) is 11.7. The predicted molar refractivity (Wildman–Crippen MR) is 104 cm³/mol. The summed E-state index contributed by atoms with van der Waals surface area (Å²) in [6.45, 7) is 5.15. The summed E-state index contributed by atoms with van der Waals surface area (Å²) in [6.07, 6.45) is 9.74. The Morgan fingerprint density at radius 2 is 2.21 bits per heavy atom. The van der Waals surface area contributed by atoms with Crippen LogP contribution in [0.1, 0.15) is 46.0 Å². The van der Waals surface area contributed by atoms with Crippen LogP contribution in [0.3, 0.4) is 0 Å². The molecule has 0 bridgehead atoms. The number of unbranched alkanes of at least 4 members (excludes halogenated alkanes) is 2. The number of terminal acetylenes is 1. The Balaban J connectivity index is 4.13. The van der Waals surface area contributed by atoms with Crippen molar-refractivity contribution in [3.63, 3.8) is 0 Å². The molecule has 0 radical (unpaired) electrons. The summed E-state index contributed by atoms with van der Waals surface area (Å²) in [5, 5.41) is 0. The molecule has 0 aliphatic heterocycles. The standard InChI is InChI=1S/C13H24I2N2OS/c1-4-7-8-9-11-17(14)13(19)15(6-3)16-12(18)10-5-2/h1,13,19H,5-11H2,2-3H3,(H,16,18). The zero-order valence-corrected chi connectivity index (χ0v) is 16.9. The van der Waals surface area contributed by atoms with Gasteiger partial charge in [0.1, 0.15) is 0 Å². The van der Waals surface area contributed by atoms with Crippen LogP contribution >= 0.6 is 55.6 Å². The number of nitrogens with one attached hydrogen (secondary N) is 1. The second kappa shape index (κ2) is 12.5. The summed E-state index contributed by atoms with van der Waals surface area (Å²) in [7, 11) is 0. The van der Waals surface area contributed by atoms with Crippen molar-refractivity contribution < 1.29 is 4.79 Å². The second-order valence-corrected chi connectivity index (χ2v) is 12.3. The van der Waals surface area contributed by atoms with Gasteiger partial charge in [0.2, 0.25) is 0 Å². The van der Waals surface area contributed by atoms with Gasteiger partial charge < -0.3 is 0 Å². The quantitative estimate of drug-likeness (QED) is 0.0681. The molecule has 1 N–H and O–H groups in total. The molecule has 0 aromatic rings. The fourth-order valence-electron chi connectivity index (χ4n) is 1.39. The van der Waals surface area contributed by atoms with Crippen LogP contribution in [0.15, 0.2) is 0 Å². The molecule has 6 heteroatoms. The summed E-state index contributed by atoms with van der Waals surface area (Å²) < 4.78 is 6.67. The molecule has 0 aliphatic rings. The second-order valence-electron chi connectivity index (χ2n) is 4.03.